The number of aromatic nitrogens is 4. The lowest BCUT2D eigenvalue weighted by molar-refractivity contribution is 0.211. The van der Waals surface area contributed by atoms with Crippen molar-refractivity contribution in [2.45, 2.75) is 76.4 Å². The molecule has 0 spiro atoms. The van der Waals surface area contributed by atoms with E-state index in [9.17, 15) is 4.79 Å². The van der Waals surface area contributed by atoms with Crippen molar-refractivity contribution in [1.82, 2.24) is 24.5 Å². The second-order valence-corrected chi connectivity index (χ2v) is 8.52. The van der Waals surface area contributed by atoms with Crippen molar-refractivity contribution >= 4 is 0 Å². The molecule has 1 saturated heterocycles. The molecule has 1 unspecified atom stereocenters. The topological polar surface area (TPSA) is 56.0 Å². The highest BCUT2D eigenvalue weighted by Gasteiger charge is 2.30. The van der Waals surface area contributed by atoms with Gasteiger partial charge in [-0.2, -0.15) is 10.2 Å². The quantitative estimate of drug-likeness (QED) is 0.814. The van der Waals surface area contributed by atoms with Gasteiger partial charge in [-0.05, 0) is 69.5 Å². The van der Waals surface area contributed by atoms with E-state index >= 15 is 0 Å². The minimum absolute atomic E-state index is 0.0316. The van der Waals surface area contributed by atoms with Crippen molar-refractivity contribution in [2.24, 2.45) is 7.05 Å². The molecule has 5 rings (SSSR count). The second kappa shape index (κ2) is 6.89. The Labute approximate surface area is 160 Å². The van der Waals surface area contributed by atoms with Crippen LogP contribution in [-0.4, -0.2) is 37.0 Å². The van der Waals surface area contributed by atoms with Gasteiger partial charge in [0, 0.05) is 31.6 Å². The Bertz CT molecular complexity index is 894. The predicted octanol–water partition coefficient (Wildman–Crippen LogP) is 2.40. The first-order valence-corrected chi connectivity index (χ1v) is 10.5. The fraction of sp³-hybridized carbons (Fsp3) is 0.667. The van der Waals surface area contributed by atoms with Crippen LogP contribution in [0.25, 0.3) is 0 Å². The largest absolute Gasteiger partial charge is 0.293 e. The van der Waals surface area contributed by atoms with Gasteiger partial charge >= 0.3 is 0 Å². The van der Waals surface area contributed by atoms with Crippen LogP contribution in [0.2, 0.25) is 0 Å². The van der Waals surface area contributed by atoms with Crippen LogP contribution >= 0.6 is 0 Å². The molecular formula is C21H29N5O. The third-order valence-corrected chi connectivity index (χ3v) is 6.57. The Hall–Kier alpha value is -1.95. The highest BCUT2D eigenvalue weighted by atomic mass is 16.1. The van der Waals surface area contributed by atoms with Gasteiger partial charge in [0.1, 0.15) is 0 Å². The maximum Gasteiger partial charge on any atom is 0.266 e. The number of hydrogen-bond donors (Lipinski definition) is 0. The second-order valence-electron chi connectivity index (χ2n) is 8.52. The SMILES string of the molecule is Cn1nc2c(c1CN1CCCC1Cn1nc(C3CC3)ccc1=O)CCCC2. The first kappa shape index (κ1) is 17.2. The molecule has 2 aromatic heterocycles. The number of fused-ring (bicyclic) bond motifs is 1. The molecule has 0 bridgehead atoms. The van der Waals surface area contributed by atoms with Crippen LogP contribution in [0.3, 0.4) is 0 Å². The van der Waals surface area contributed by atoms with Gasteiger partial charge in [0.2, 0.25) is 0 Å². The molecule has 1 aliphatic heterocycles. The van der Waals surface area contributed by atoms with E-state index in [0.717, 1.165) is 31.6 Å². The fourth-order valence-corrected chi connectivity index (χ4v) is 4.84. The van der Waals surface area contributed by atoms with Crippen molar-refractivity contribution in [3.05, 3.63) is 45.1 Å². The zero-order valence-corrected chi connectivity index (χ0v) is 16.2. The molecule has 144 valence electrons. The van der Waals surface area contributed by atoms with E-state index in [1.54, 1.807) is 10.7 Å². The minimum atomic E-state index is 0.0316. The summed E-state index contributed by atoms with van der Waals surface area (Å²) in [7, 11) is 2.09. The molecule has 27 heavy (non-hydrogen) atoms. The van der Waals surface area contributed by atoms with Gasteiger partial charge in [0.25, 0.3) is 5.56 Å². The highest BCUT2D eigenvalue weighted by molar-refractivity contribution is 5.28. The maximum atomic E-state index is 12.3. The third-order valence-electron chi connectivity index (χ3n) is 6.57. The average molecular weight is 367 g/mol. The monoisotopic (exact) mass is 367 g/mol. The summed E-state index contributed by atoms with van der Waals surface area (Å²) in [6.07, 6.45) is 9.60. The van der Waals surface area contributed by atoms with Crippen molar-refractivity contribution in [1.29, 1.82) is 0 Å². The molecular weight excluding hydrogens is 338 g/mol. The third kappa shape index (κ3) is 3.35. The van der Waals surface area contributed by atoms with E-state index in [4.69, 9.17) is 5.10 Å². The molecule has 0 amide bonds. The number of nitrogens with zero attached hydrogens (tertiary/aromatic N) is 5. The number of hydrogen-bond acceptors (Lipinski definition) is 4. The highest BCUT2D eigenvalue weighted by Crippen LogP contribution is 2.38. The molecule has 6 nitrogen and oxygen atoms in total. The number of rotatable bonds is 5. The minimum Gasteiger partial charge on any atom is -0.293 e. The zero-order valence-electron chi connectivity index (χ0n) is 16.2. The van der Waals surface area contributed by atoms with E-state index in [1.807, 2.05) is 6.07 Å². The average Bonchev–Trinajstić information content (AvgIpc) is 3.35. The summed E-state index contributed by atoms with van der Waals surface area (Å²) in [6, 6.07) is 4.02. The van der Waals surface area contributed by atoms with E-state index in [2.05, 4.69) is 21.7 Å². The van der Waals surface area contributed by atoms with Crippen molar-refractivity contribution in [3.63, 3.8) is 0 Å². The van der Waals surface area contributed by atoms with Crippen molar-refractivity contribution in [2.75, 3.05) is 6.54 Å². The molecule has 3 aliphatic rings. The lowest BCUT2D eigenvalue weighted by Gasteiger charge is -2.25. The molecule has 6 heteroatoms. The summed E-state index contributed by atoms with van der Waals surface area (Å²) < 4.78 is 3.82. The van der Waals surface area contributed by atoms with Crippen LogP contribution in [0.15, 0.2) is 16.9 Å². The van der Waals surface area contributed by atoms with Gasteiger partial charge in [-0.25, -0.2) is 4.68 Å². The van der Waals surface area contributed by atoms with Crippen LogP contribution in [-0.2, 0) is 33.0 Å². The van der Waals surface area contributed by atoms with E-state index in [-0.39, 0.29) is 5.56 Å². The first-order chi connectivity index (χ1) is 13.2. The van der Waals surface area contributed by atoms with Crippen LogP contribution < -0.4 is 5.56 Å². The molecule has 2 aliphatic carbocycles. The molecule has 1 saturated carbocycles. The van der Waals surface area contributed by atoms with Crippen LogP contribution in [0.1, 0.15) is 67.1 Å². The first-order valence-electron chi connectivity index (χ1n) is 10.5. The standard InChI is InChI=1S/C21H29N5O/c1-24-20(17-6-2-3-7-19(17)22-24)14-25-12-4-5-16(25)13-26-21(27)11-10-18(23-26)15-8-9-15/h10-11,15-16H,2-9,12-14H2,1H3. The summed E-state index contributed by atoms with van der Waals surface area (Å²) in [5, 5.41) is 9.45. The predicted molar refractivity (Wildman–Crippen MR) is 104 cm³/mol. The summed E-state index contributed by atoms with van der Waals surface area (Å²) in [4.78, 5) is 14.9. The molecule has 0 N–H and O–H groups in total. The Kier molecular flexibility index (Phi) is 4.38. The maximum absolute atomic E-state index is 12.3. The van der Waals surface area contributed by atoms with Gasteiger partial charge in [0.15, 0.2) is 0 Å². The van der Waals surface area contributed by atoms with Crippen molar-refractivity contribution in [3.8, 4) is 0 Å². The van der Waals surface area contributed by atoms with Gasteiger partial charge in [-0.3, -0.25) is 14.4 Å². The molecule has 1 atom stereocenters. The fourth-order valence-electron chi connectivity index (χ4n) is 4.84. The van der Waals surface area contributed by atoms with Gasteiger partial charge in [-0.1, -0.05) is 0 Å². The normalized spacial score (nSPS) is 22.9. The lowest BCUT2D eigenvalue weighted by Crippen LogP contribution is -2.37. The van der Waals surface area contributed by atoms with Crippen molar-refractivity contribution < 1.29 is 0 Å². The van der Waals surface area contributed by atoms with E-state index in [1.165, 1.54) is 55.5 Å². The summed E-state index contributed by atoms with van der Waals surface area (Å²) >= 11 is 0. The summed E-state index contributed by atoms with van der Waals surface area (Å²) in [5.41, 5.74) is 5.30. The van der Waals surface area contributed by atoms with Crippen LogP contribution in [0, 0.1) is 0 Å². The lowest BCUT2D eigenvalue weighted by atomic mass is 9.95. The molecule has 3 heterocycles. The van der Waals surface area contributed by atoms with E-state index in [0.29, 0.717) is 18.5 Å². The molecule has 2 aromatic rings. The van der Waals surface area contributed by atoms with Gasteiger partial charge in [0.05, 0.1) is 23.6 Å². The summed E-state index contributed by atoms with van der Waals surface area (Å²) in [6.45, 7) is 2.75. The van der Waals surface area contributed by atoms with Gasteiger partial charge < -0.3 is 0 Å². The molecule has 0 radical (unpaired) electrons. The Balaban J connectivity index is 1.35. The Morgan fingerprint density at radius 1 is 1.07 bits per heavy atom. The Morgan fingerprint density at radius 2 is 1.93 bits per heavy atom. The summed E-state index contributed by atoms with van der Waals surface area (Å²) in [5.74, 6) is 0.581. The smallest absolute Gasteiger partial charge is 0.266 e. The molecule has 0 aromatic carbocycles. The zero-order chi connectivity index (χ0) is 18.4. The van der Waals surface area contributed by atoms with E-state index < -0.39 is 0 Å². The Morgan fingerprint density at radius 3 is 2.78 bits per heavy atom. The number of likely N-dealkylation sites (tertiary alicyclic amines) is 1. The molecule has 2 fully saturated rings. The van der Waals surface area contributed by atoms with Gasteiger partial charge in [-0.15, -0.1) is 0 Å². The van der Waals surface area contributed by atoms with Crippen LogP contribution in [0.5, 0.6) is 0 Å². The van der Waals surface area contributed by atoms with Crippen LogP contribution in [0.4, 0.5) is 0 Å². The number of aryl methyl sites for hydroxylation is 2.